The molecular weight excluding hydrogens is 268 g/mol. The number of nitrogens with zero attached hydrogens (tertiary/aromatic N) is 1. The second kappa shape index (κ2) is 5.48. The fourth-order valence-corrected chi connectivity index (χ4v) is 3.58. The third-order valence-electron chi connectivity index (χ3n) is 3.47. The first-order valence-electron chi connectivity index (χ1n) is 6.65. The largest absolute Gasteiger partial charge is 0.321 e. The number of amides is 1. The van der Waals surface area contributed by atoms with E-state index in [0.29, 0.717) is 6.42 Å². The molecule has 20 heavy (non-hydrogen) atoms. The zero-order chi connectivity index (χ0) is 13.9. The minimum atomic E-state index is -0.0440. The van der Waals surface area contributed by atoms with Gasteiger partial charge in [-0.1, -0.05) is 12.1 Å². The van der Waals surface area contributed by atoms with E-state index in [1.807, 2.05) is 30.3 Å². The Hall–Kier alpha value is -2.12. The van der Waals surface area contributed by atoms with E-state index >= 15 is 0 Å². The van der Waals surface area contributed by atoms with Crippen LogP contribution in [-0.2, 0) is 19.3 Å². The Morgan fingerprint density at radius 2 is 2.10 bits per heavy atom. The molecule has 0 fully saturated rings. The Labute approximate surface area is 121 Å². The molecule has 0 unspecified atom stereocenters. The summed E-state index contributed by atoms with van der Waals surface area (Å²) in [5, 5.41) is 11.5. The number of anilines is 1. The number of carbonyl (C=O) groups excluding carboxylic acids is 1. The van der Waals surface area contributed by atoms with Crippen molar-refractivity contribution < 1.29 is 4.79 Å². The summed E-state index contributed by atoms with van der Waals surface area (Å²) in [6, 6.07) is 11.5. The lowest BCUT2D eigenvalue weighted by Gasteiger charge is -2.04. The van der Waals surface area contributed by atoms with Gasteiger partial charge in [0.25, 0.3) is 5.91 Å². The average Bonchev–Trinajstić information content (AvgIpc) is 3.02. The quantitative estimate of drug-likeness (QED) is 0.936. The lowest BCUT2D eigenvalue weighted by molar-refractivity contribution is 0.103. The highest BCUT2D eigenvalue weighted by molar-refractivity contribution is 7.14. The fraction of sp³-hybridized carbons (Fsp3) is 0.250. The zero-order valence-corrected chi connectivity index (χ0v) is 11.8. The monoisotopic (exact) mass is 282 g/mol. The normalized spacial score (nSPS) is 12.8. The second-order valence-corrected chi connectivity index (χ2v) is 6.04. The molecule has 3 nitrogen and oxygen atoms in total. The van der Waals surface area contributed by atoms with Crippen LogP contribution in [0.3, 0.4) is 0 Å². The molecule has 1 N–H and O–H groups in total. The predicted octanol–water partition coefficient (Wildman–Crippen LogP) is 3.56. The van der Waals surface area contributed by atoms with Crippen molar-refractivity contribution in [1.29, 1.82) is 5.26 Å². The van der Waals surface area contributed by atoms with Gasteiger partial charge < -0.3 is 5.32 Å². The topological polar surface area (TPSA) is 52.9 Å². The van der Waals surface area contributed by atoms with Crippen LogP contribution in [0.5, 0.6) is 0 Å². The maximum Gasteiger partial charge on any atom is 0.265 e. The highest BCUT2D eigenvalue weighted by Crippen LogP contribution is 2.30. The molecule has 0 bridgehead atoms. The van der Waals surface area contributed by atoms with E-state index in [4.69, 9.17) is 5.26 Å². The van der Waals surface area contributed by atoms with E-state index in [-0.39, 0.29) is 5.91 Å². The molecule has 0 spiro atoms. The van der Waals surface area contributed by atoms with Gasteiger partial charge in [0.1, 0.15) is 0 Å². The third kappa shape index (κ3) is 2.59. The summed E-state index contributed by atoms with van der Waals surface area (Å²) in [5.74, 6) is -0.0440. The standard InChI is InChI=1S/C16H14N2OS/c17-9-8-11-4-6-13(7-5-11)18-16(19)15-10-12-2-1-3-14(12)20-15/h4-7,10H,1-3,8H2,(H,18,19). The number of hydrogen-bond donors (Lipinski definition) is 1. The Bertz CT molecular complexity index is 658. The number of hydrogen-bond acceptors (Lipinski definition) is 3. The Morgan fingerprint density at radius 3 is 2.80 bits per heavy atom. The van der Waals surface area contributed by atoms with E-state index < -0.39 is 0 Å². The summed E-state index contributed by atoms with van der Waals surface area (Å²) in [5.41, 5.74) is 3.07. The van der Waals surface area contributed by atoms with Crippen LogP contribution in [0.1, 0.15) is 32.1 Å². The lowest BCUT2D eigenvalue weighted by Crippen LogP contribution is -2.10. The van der Waals surface area contributed by atoms with Gasteiger partial charge in [0, 0.05) is 10.6 Å². The summed E-state index contributed by atoms with van der Waals surface area (Å²) in [7, 11) is 0. The van der Waals surface area contributed by atoms with Gasteiger partial charge in [-0.3, -0.25) is 4.79 Å². The Balaban J connectivity index is 1.70. The third-order valence-corrected chi connectivity index (χ3v) is 4.70. The molecule has 4 heteroatoms. The van der Waals surface area contributed by atoms with Crippen molar-refractivity contribution in [2.75, 3.05) is 5.32 Å². The van der Waals surface area contributed by atoms with Crippen LogP contribution in [0.15, 0.2) is 30.3 Å². The SMILES string of the molecule is N#CCc1ccc(NC(=O)c2cc3c(s2)CCC3)cc1. The smallest absolute Gasteiger partial charge is 0.265 e. The number of carbonyl (C=O) groups is 1. The summed E-state index contributed by atoms with van der Waals surface area (Å²) in [4.78, 5) is 14.3. The van der Waals surface area contributed by atoms with Crippen LogP contribution in [0.25, 0.3) is 0 Å². The van der Waals surface area contributed by atoms with Crippen molar-refractivity contribution in [2.45, 2.75) is 25.7 Å². The molecule has 1 aromatic heterocycles. The summed E-state index contributed by atoms with van der Waals surface area (Å²) < 4.78 is 0. The number of thiophene rings is 1. The highest BCUT2D eigenvalue weighted by Gasteiger charge is 2.18. The average molecular weight is 282 g/mol. The molecule has 0 saturated heterocycles. The number of benzene rings is 1. The molecular formula is C16H14N2OS. The van der Waals surface area contributed by atoms with Gasteiger partial charge in [-0.05, 0) is 48.6 Å². The van der Waals surface area contributed by atoms with Crippen molar-refractivity contribution in [2.24, 2.45) is 0 Å². The maximum atomic E-state index is 12.2. The predicted molar refractivity (Wildman–Crippen MR) is 80.1 cm³/mol. The van der Waals surface area contributed by atoms with Gasteiger partial charge in [-0.2, -0.15) is 5.26 Å². The summed E-state index contributed by atoms with van der Waals surface area (Å²) >= 11 is 1.61. The van der Waals surface area contributed by atoms with E-state index in [2.05, 4.69) is 11.4 Å². The van der Waals surface area contributed by atoms with Gasteiger partial charge in [-0.15, -0.1) is 11.3 Å². The highest BCUT2D eigenvalue weighted by atomic mass is 32.1. The second-order valence-electron chi connectivity index (χ2n) is 4.90. The molecule has 1 aliphatic rings. The van der Waals surface area contributed by atoms with E-state index in [1.54, 1.807) is 11.3 Å². The molecule has 1 aromatic carbocycles. The first-order valence-corrected chi connectivity index (χ1v) is 7.47. The number of fused-ring (bicyclic) bond motifs is 1. The van der Waals surface area contributed by atoms with E-state index in [1.165, 1.54) is 16.9 Å². The number of aryl methyl sites for hydroxylation is 2. The van der Waals surface area contributed by atoms with E-state index in [9.17, 15) is 4.79 Å². The van der Waals surface area contributed by atoms with Gasteiger partial charge in [0.2, 0.25) is 0 Å². The van der Waals surface area contributed by atoms with Crippen LogP contribution < -0.4 is 5.32 Å². The van der Waals surface area contributed by atoms with E-state index in [0.717, 1.165) is 29.0 Å². The van der Waals surface area contributed by atoms with Crippen molar-refractivity contribution in [1.82, 2.24) is 0 Å². The molecule has 0 saturated carbocycles. The minimum Gasteiger partial charge on any atom is -0.321 e. The van der Waals surface area contributed by atoms with Gasteiger partial charge in [0.05, 0.1) is 17.4 Å². The molecule has 100 valence electrons. The fourth-order valence-electron chi connectivity index (χ4n) is 2.43. The van der Waals surface area contributed by atoms with Crippen molar-refractivity contribution >= 4 is 22.9 Å². The molecule has 1 aliphatic carbocycles. The minimum absolute atomic E-state index is 0.0440. The molecule has 3 rings (SSSR count). The maximum absolute atomic E-state index is 12.2. The summed E-state index contributed by atoms with van der Waals surface area (Å²) in [6.45, 7) is 0. The first-order chi connectivity index (χ1) is 9.76. The first kappa shape index (κ1) is 12.9. The van der Waals surface area contributed by atoms with Crippen LogP contribution >= 0.6 is 11.3 Å². The molecule has 2 aromatic rings. The Morgan fingerprint density at radius 1 is 1.30 bits per heavy atom. The van der Waals surface area contributed by atoms with Gasteiger partial charge in [0.15, 0.2) is 0 Å². The molecule has 0 radical (unpaired) electrons. The van der Waals surface area contributed by atoms with Gasteiger partial charge >= 0.3 is 0 Å². The number of nitrogens with one attached hydrogen (secondary N) is 1. The zero-order valence-electron chi connectivity index (χ0n) is 11.0. The lowest BCUT2D eigenvalue weighted by atomic mass is 10.1. The van der Waals surface area contributed by atoms with Crippen LogP contribution in [0, 0.1) is 11.3 Å². The number of rotatable bonds is 3. The van der Waals surface area contributed by atoms with Crippen molar-refractivity contribution in [3.05, 3.63) is 51.2 Å². The molecule has 0 aliphatic heterocycles. The van der Waals surface area contributed by atoms with Crippen LogP contribution in [0.2, 0.25) is 0 Å². The molecule has 1 amide bonds. The Kier molecular flexibility index (Phi) is 3.53. The van der Waals surface area contributed by atoms with Crippen molar-refractivity contribution in [3.8, 4) is 6.07 Å². The molecule has 1 heterocycles. The van der Waals surface area contributed by atoms with Crippen molar-refractivity contribution in [3.63, 3.8) is 0 Å². The number of nitriles is 1. The van der Waals surface area contributed by atoms with Crippen LogP contribution in [-0.4, -0.2) is 5.91 Å². The van der Waals surface area contributed by atoms with Crippen LogP contribution in [0.4, 0.5) is 5.69 Å². The summed E-state index contributed by atoms with van der Waals surface area (Å²) in [6.07, 6.45) is 3.81. The molecule has 0 atom stereocenters. The van der Waals surface area contributed by atoms with Gasteiger partial charge in [-0.25, -0.2) is 0 Å².